The van der Waals surface area contributed by atoms with E-state index in [0.29, 0.717) is 22.6 Å². The van der Waals surface area contributed by atoms with Crippen LogP contribution in [0, 0.1) is 6.92 Å². The van der Waals surface area contributed by atoms with Gasteiger partial charge in [-0.25, -0.2) is 0 Å². The molecule has 2 aromatic rings. The molecule has 0 bridgehead atoms. The van der Waals surface area contributed by atoms with Crippen LogP contribution in [0.5, 0.6) is 5.75 Å². The van der Waals surface area contributed by atoms with Crippen molar-refractivity contribution >= 4 is 23.3 Å². The van der Waals surface area contributed by atoms with Crippen LogP contribution in [0.3, 0.4) is 0 Å². The molecule has 1 saturated heterocycles. The van der Waals surface area contributed by atoms with Crippen molar-refractivity contribution in [3.8, 4) is 5.75 Å². The number of carbonyl (C=O) groups is 3. The standard InChI is InChI=1S/C26H30N2O4/c1-18-8-10-19(11-9-18)22(29)17-28-21-16-20(24(30)27-14-6-4-5-7-15-27)12-13-23(21)32-26(2,3)25(28)31/h8-13,16H,4-7,14-15,17H2,1-3H3. The van der Waals surface area contributed by atoms with Crippen molar-refractivity contribution in [2.75, 3.05) is 24.5 Å². The summed E-state index contributed by atoms with van der Waals surface area (Å²) in [6, 6.07) is 12.5. The monoisotopic (exact) mass is 434 g/mol. The van der Waals surface area contributed by atoms with Gasteiger partial charge in [-0.3, -0.25) is 19.3 Å². The molecule has 168 valence electrons. The second kappa shape index (κ2) is 8.77. The van der Waals surface area contributed by atoms with Gasteiger partial charge in [0.1, 0.15) is 5.75 Å². The quantitative estimate of drug-likeness (QED) is 0.669. The normalized spacial score (nSPS) is 17.9. The maximum Gasteiger partial charge on any atom is 0.271 e. The zero-order valence-corrected chi connectivity index (χ0v) is 19.0. The molecule has 0 N–H and O–H groups in total. The molecule has 2 amide bonds. The van der Waals surface area contributed by atoms with Gasteiger partial charge < -0.3 is 9.64 Å². The van der Waals surface area contributed by atoms with Gasteiger partial charge in [-0.1, -0.05) is 42.7 Å². The summed E-state index contributed by atoms with van der Waals surface area (Å²) in [6.07, 6.45) is 4.29. The number of aryl methyl sites for hydroxylation is 1. The smallest absolute Gasteiger partial charge is 0.271 e. The molecular formula is C26H30N2O4. The van der Waals surface area contributed by atoms with Crippen LogP contribution >= 0.6 is 0 Å². The zero-order chi connectivity index (χ0) is 22.9. The summed E-state index contributed by atoms with van der Waals surface area (Å²) in [5, 5.41) is 0. The van der Waals surface area contributed by atoms with Crippen LogP contribution in [0.4, 0.5) is 5.69 Å². The van der Waals surface area contributed by atoms with Gasteiger partial charge in [0.25, 0.3) is 11.8 Å². The Morgan fingerprint density at radius 1 is 0.938 bits per heavy atom. The lowest BCUT2D eigenvalue weighted by Crippen LogP contribution is -2.54. The zero-order valence-electron chi connectivity index (χ0n) is 19.0. The number of anilines is 1. The number of hydrogen-bond donors (Lipinski definition) is 0. The minimum absolute atomic E-state index is 0.0446. The Hall–Kier alpha value is -3.15. The summed E-state index contributed by atoms with van der Waals surface area (Å²) in [5.41, 5.74) is 1.49. The molecule has 0 unspecified atom stereocenters. The van der Waals surface area contributed by atoms with Crippen molar-refractivity contribution in [2.45, 2.75) is 52.1 Å². The summed E-state index contributed by atoms with van der Waals surface area (Å²) in [7, 11) is 0. The summed E-state index contributed by atoms with van der Waals surface area (Å²) in [6.45, 7) is 6.72. The number of amides is 2. The number of nitrogens with zero attached hydrogens (tertiary/aromatic N) is 2. The van der Waals surface area contributed by atoms with Gasteiger partial charge in [0.05, 0.1) is 12.2 Å². The summed E-state index contributed by atoms with van der Waals surface area (Å²) < 4.78 is 5.94. The van der Waals surface area contributed by atoms with Crippen LogP contribution < -0.4 is 9.64 Å². The summed E-state index contributed by atoms with van der Waals surface area (Å²) in [5.74, 6) is -0.00778. The lowest BCUT2D eigenvalue weighted by Gasteiger charge is -2.38. The highest BCUT2D eigenvalue weighted by molar-refractivity contribution is 6.10. The molecule has 0 spiro atoms. The maximum absolute atomic E-state index is 13.2. The number of rotatable bonds is 4. The molecule has 2 aromatic carbocycles. The highest BCUT2D eigenvalue weighted by atomic mass is 16.5. The molecular weight excluding hydrogens is 404 g/mol. The van der Waals surface area contributed by atoms with Crippen molar-refractivity contribution in [1.82, 2.24) is 4.90 Å². The number of fused-ring (bicyclic) bond motifs is 1. The summed E-state index contributed by atoms with van der Waals surface area (Å²) in [4.78, 5) is 42.7. The van der Waals surface area contributed by atoms with Crippen LogP contribution in [0.15, 0.2) is 42.5 Å². The SMILES string of the molecule is Cc1ccc(C(=O)CN2C(=O)C(C)(C)Oc3ccc(C(=O)N4CCCCCC4)cc32)cc1. The number of Topliss-reactive ketones (excluding diaryl/α,β-unsaturated/α-hetero) is 1. The molecule has 6 nitrogen and oxygen atoms in total. The van der Waals surface area contributed by atoms with Gasteiger partial charge in [0.15, 0.2) is 11.4 Å². The number of ether oxygens (including phenoxy) is 1. The average molecular weight is 435 g/mol. The number of hydrogen-bond acceptors (Lipinski definition) is 4. The highest BCUT2D eigenvalue weighted by Crippen LogP contribution is 2.38. The van der Waals surface area contributed by atoms with E-state index in [4.69, 9.17) is 4.74 Å². The van der Waals surface area contributed by atoms with E-state index >= 15 is 0 Å². The van der Waals surface area contributed by atoms with Crippen LogP contribution in [0.2, 0.25) is 0 Å². The van der Waals surface area contributed by atoms with E-state index in [1.54, 1.807) is 44.2 Å². The predicted molar refractivity (Wildman–Crippen MR) is 123 cm³/mol. The third-order valence-corrected chi connectivity index (χ3v) is 6.19. The largest absolute Gasteiger partial charge is 0.476 e. The Labute approximate surface area is 189 Å². The third-order valence-electron chi connectivity index (χ3n) is 6.19. The first kappa shape index (κ1) is 22.1. The number of ketones is 1. The molecule has 32 heavy (non-hydrogen) atoms. The van der Waals surface area contributed by atoms with Crippen LogP contribution in [-0.4, -0.2) is 47.7 Å². The first-order valence-corrected chi connectivity index (χ1v) is 11.3. The van der Waals surface area contributed by atoms with E-state index in [-0.39, 0.29) is 24.1 Å². The van der Waals surface area contributed by atoms with E-state index in [9.17, 15) is 14.4 Å². The highest BCUT2D eigenvalue weighted by Gasteiger charge is 2.42. The molecule has 4 rings (SSSR count). The molecule has 6 heteroatoms. The second-order valence-electron chi connectivity index (χ2n) is 9.18. The van der Waals surface area contributed by atoms with Crippen LogP contribution in [0.1, 0.15) is 65.8 Å². The Morgan fingerprint density at radius 2 is 1.56 bits per heavy atom. The van der Waals surface area contributed by atoms with Crippen molar-refractivity contribution in [1.29, 1.82) is 0 Å². The van der Waals surface area contributed by atoms with Gasteiger partial charge in [0, 0.05) is 24.2 Å². The molecule has 2 heterocycles. The molecule has 0 aliphatic carbocycles. The Kier molecular flexibility index (Phi) is 6.04. The Morgan fingerprint density at radius 3 is 2.22 bits per heavy atom. The maximum atomic E-state index is 13.2. The van der Waals surface area contributed by atoms with Crippen molar-refractivity contribution in [3.05, 3.63) is 59.2 Å². The number of carbonyl (C=O) groups excluding carboxylic acids is 3. The van der Waals surface area contributed by atoms with Crippen LogP contribution in [0.25, 0.3) is 0 Å². The summed E-state index contributed by atoms with van der Waals surface area (Å²) >= 11 is 0. The molecule has 0 radical (unpaired) electrons. The Balaban J connectivity index is 1.65. The Bertz CT molecular complexity index is 1030. The van der Waals surface area contributed by atoms with Gasteiger partial charge in [-0.15, -0.1) is 0 Å². The van der Waals surface area contributed by atoms with E-state index < -0.39 is 5.60 Å². The van der Waals surface area contributed by atoms with Gasteiger partial charge in [-0.2, -0.15) is 0 Å². The molecule has 1 fully saturated rings. The predicted octanol–water partition coefficient (Wildman–Crippen LogP) is 4.40. The van der Waals surface area contributed by atoms with E-state index in [0.717, 1.165) is 44.3 Å². The fourth-order valence-corrected chi connectivity index (χ4v) is 4.29. The molecule has 0 aromatic heterocycles. The van der Waals surface area contributed by atoms with Gasteiger partial charge >= 0.3 is 0 Å². The average Bonchev–Trinajstić information content (AvgIpc) is 3.06. The first-order valence-electron chi connectivity index (χ1n) is 11.3. The fraction of sp³-hybridized carbons (Fsp3) is 0.423. The number of benzene rings is 2. The fourth-order valence-electron chi connectivity index (χ4n) is 4.29. The van der Waals surface area contributed by atoms with Crippen molar-refractivity contribution < 1.29 is 19.1 Å². The minimum atomic E-state index is -1.10. The molecule has 2 aliphatic heterocycles. The second-order valence-corrected chi connectivity index (χ2v) is 9.18. The lowest BCUT2D eigenvalue weighted by atomic mass is 10.0. The van der Waals surface area contributed by atoms with Gasteiger partial charge in [-0.05, 0) is 51.8 Å². The van der Waals surface area contributed by atoms with Gasteiger partial charge in [0.2, 0.25) is 0 Å². The third kappa shape index (κ3) is 4.40. The number of likely N-dealkylation sites (tertiary alicyclic amines) is 1. The first-order chi connectivity index (χ1) is 15.3. The van der Waals surface area contributed by atoms with E-state index in [1.165, 1.54) is 4.90 Å². The van der Waals surface area contributed by atoms with Crippen molar-refractivity contribution in [3.63, 3.8) is 0 Å². The van der Waals surface area contributed by atoms with Crippen molar-refractivity contribution in [2.24, 2.45) is 0 Å². The topological polar surface area (TPSA) is 66.9 Å². The van der Waals surface area contributed by atoms with E-state index in [2.05, 4.69) is 0 Å². The minimum Gasteiger partial charge on any atom is -0.476 e. The van der Waals surface area contributed by atoms with E-state index in [1.807, 2.05) is 24.0 Å². The van der Waals surface area contributed by atoms with Crippen LogP contribution in [-0.2, 0) is 4.79 Å². The lowest BCUT2D eigenvalue weighted by molar-refractivity contribution is -0.132. The molecule has 0 atom stereocenters. The molecule has 0 saturated carbocycles. The molecule has 2 aliphatic rings.